The topological polar surface area (TPSA) is 98.7 Å². The lowest BCUT2D eigenvalue weighted by atomic mass is 9.99. The van der Waals surface area contributed by atoms with Crippen LogP contribution in [0.15, 0.2) is 30.3 Å². The van der Waals surface area contributed by atoms with E-state index in [4.69, 9.17) is 6.42 Å². The molecule has 7 nitrogen and oxygen atoms in total. The summed E-state index contributed by atoms with van der Waals surface area (Å²) in [6, 6.07) is 4.68. The Balaban J connectivity index is 2.25. The van der Waals surface area contributed by atoms with E-state index in [0.717, 1.165) is 0 Å². The van der Waals surface area contributed by atoms with Gasteiger partial charge in [0.05, 0.1) is 19.1 Å². The molecule has 12 heteroatoms. The number of rotatable bonds is 8. The first-order chi connectivity index (χ1) is 15.3. The summed E-state index contributed by atoms with van der Waals surface area (Å²) in [7, 11) is 0. The normalized spacial score (nSPS) is 19.3. The van der Waals surface area contributed by atoms with Crippen LogP contribution in [0.2, 0.25) is 0 Å². The van der Waals surface area contributed by atoms with Crippen molar-refractivity contribution in [3.63, 3.8) is 0 Å². The van der Waals surface area contributed by atoms with Crippen molar-refractivity contribution in [2.45, 2.75) is 49.5 Å². The van der Waals surface area contributed by atoms with Gasteiger partial charge in [-0.1, -0.05) is 36.3 Å². The Hall–Kier alpha value is -3.20. The number of hydrogen-bond donors (Lipinski definition) is 3. The summed E-state index contributed by atoms with van der Waals surface area (Å²) in [5, 5.41) is 14.7. The number of alkyl halides is 5. The Bertz CT molecular complexity index is 901. The van der Waals surface area contributed by atoms with Crippen LogP contribution < -0.4 is 10.6 Å². The van der Waals surface area contributed by atoms with Crippen LogP contribution in [-0.4, -0.2) is 71.1 Å². The van der Waals surface area contributed by atoms with E-state index in [-0.39, 0.29) is 13.0 Å². The molecule has 1 aliphatic heterocycles. The summed E-state index contributed by atoms with van der Waals surface area (Å²) in [6.07, 6.45) is -5.17. The highest BCUT2D eigenvalue weighted by atomic mass is 19.4. The molecule has 1 aromatic carbocycles. The van der Waals surface area contributed by atoms with Crippen molar-refractivity contribution in [3.05, 3.63) is 35.9 Å². The summed E-state index contributed by atoms with van der Waals surface area (Å²) in [4.78, 5) is 37.4. The van der Waals surface area contributed by atoms with E-state index in [9.17, 15) is 41.4 Å². The number of carbonyl (C=O) groups is 3. The summed E-state index contributed by atoms with van der Waals surface area (Å²) in [6.45, 7) is -1.47. The number of amides is 3. The predicted molar refractivity (Wildman–Crippen MR) is 106 cm³/mol. The molecule has 3 amide bonds. The maximum atomic E-state index is 14.0. The fourth-order valence-corrected chi connectivity index (χ4v) is 3.43. The fraction of sp³-hybridized carbons (Fsp3) is 0.476. The molecule has 1 heterocycles. The maximum absolute atomic E-state index is 14.0. The zero-order valence-corrected chi connectivity index (χ0v) is 17.2. The number of aliphatic hydroxyl groups is 1. The van der Waals surface area contributed by atoms with Crippen LogP contribution in [0.4, 0.5) is 22.0 Å². The molecule has 3 N–H and O–H groups in total. The van der Waals surface area contributed by atoms with E-state index in [1.54, 1.807) is 30.3 Å². The Morgan fingerprint density at radius 1 is 1.24 bits per heavy atom. The SMILES string of the molecule is C#CCNC(=O)C1CC(F)(F)CN1C(=O)C(O)C(Cc1ccccc1)NC(=O)CC(F)(F)F. The molecule has 0 spiro atoms. The number of likely N-dealkylation sites (tertiary alicyclic amines) is 1. The minimum atomic E-state index is -4.84. The van der Waals surface area contributed by atoms with Crippen LogP contribution in [0.25, 0.3) is 0 Å². The summed E-state index contributed by atoms with van der Waals surface area (Å²) in [5.74, 6) is -5.17. The number of carbonyl (C=O) groups excluding carboxylic acids is 3. The molecular weight excluding hydrogens is 453 g/mol. The van der Waals surface area contributed by atoms with Crippen molar-refractivity contribution in [2.75, 3.05) is 13.1 Å². The molecule has 0 aliphatic carbocycles. The first-order valence-corrected chi connectivity index (χ1v) is 9.80. The summed E-state index contributed by atoms with van der Waals surface area (Å²) < 4.78 is 65.7. The Morgan fingerprint density at radius 3 is 2.45 bits per heavy atom. The minimum Gasteiger partial charge on any atom is -0.381 e. The number of terminal acetylenes is 1. The van der Waals surface area contributed by atoms with E-state index in [1.807, 2.05) is 5.32 Å². The van der Waals surface area contributed by atoms with Crippen LogP contribution in [0.1, 0.15) is 18.4 Å². The molecule has 3 atom stereocenters. The van der Waals surface area contributed by atoms with Crippen LogP contribution in [0, 0.1) is 12.3 Å². The van der Waals surface area contributed by atoms with Gasteiger partial charge in [0.15, 0.2) is 6.10 Å². The van der Waals surface area contributed by atoms with Gasteiger partial charge < -0.3 is 20.6 Å². The van der Waals surface area contributed by atoms with Gasteiger partial charge in [0.1, 0.15) is 12.5 Å². The van der Waals surface area contributed by atoms with Gasteiger partial charge >= 0.3 is 6.18 Å². The smallest absolute Gasteiger partial charge is 0.381 e. The minimum absolute atomic E-state index is 0.268. The van der Waals surface area contributed by atoms with Gasteiger partial charge in [0, 0.05) is 6.42 Å². The molecule has 1 fully saturated rings. The van der Waals surface area contributed by atoms with Gasteiger partial charge in [-0.3, -0.25) is 14.4 Å². The standard InChI is InChI=1S/C21H22F5N3O4/c1-2-8-27-18(32)15-10-20(22,23)12-29(15)19(33)17(31)14(9-13-6-4-3-5-7-13)28-16(30)11-21(24,25)26/h1,3-7,14-15,17,31H,8-12H2,(H,27,32)(H,28,30). The second-order valence-electron chi connectivity index (χ2n) is 7.56. The fourth-order valence-electron chi connectivity index (χ4n) is 3.43. The second kappa shape index (κ2) is 10.6. The van der Waals surface area contributed by atoms with Crippen LogP contribution in [-0.2, 0) is 20.8 Å². The molecule has 3 unspecified atom stereocenters. The van der Waals surface area contributed by atoms with Crippen LogP contribution >= 0.6 is 0 Å². The average Bonchev–Trinajstić information content (AvgIpc) is 3.05. The van der Waals surface area contributed by atoms with E-state index < -0.39 is 67.4 Å². The number of hydrogen-bond acceptors (Lipinski definition) is 4. The zero-order valence-electron chi connectivity index (χ0n) is 17.2. The Labute approximate surface area is 186 Å². The van der Waals surface area contributed by atoms with Crippen molar-refractivity contribution >= 4 is 17.7 Å². The number of aliphatic hydroxyl groups excluding tert-OH is 1. The van der Waals surface area contributed by atoms with E-state index in [2.05, 4.69) is 11.2 Å². The van der Waals surface area contributed by atoms with Crippen molar-refractivity contribution < 1.29 is 41.4 Å². The van der Waals surface area contributed by atoms with Gasteiger partial charge in [-0.05, 0) is 12.0 Å². The summed E-state index contributed by atoms with van der Waals surface area (Å²) >= 11 is 0. The van der Waals surface area contributed by atoms with Gasteiger partial charge in [0.25, 0.3) is 11.8 Å². The third-order valence-electron chi connectivity index (χ3n) is 4.86. The van der Waals surface area contributed by atoms with E-state index in [1.165, 1.54) is 0 Å². The van der Waals surface area contributed by atoms with Gasteiger partial charge in [-0.25, -0.2) is 8.78 Å². The van der Waals surface area contributed by atoms with Gasteiger partial charge in [-0.15, -0.1) is 6.42 Å². The zero-order chi connectivity index (χ0) is 24.8. The molecule has 0 saturated carbocycles. The lowest BCUT2D eigenvalue weighted by Crippen LogP contribution is -2.56. The highest BCUT2D eigenvalue weighted by molar-refractivity contribution is 5.91. The highest BCUT2D eigenvalue weighted by Gasteiger charge is 2.51. The monoisotopic (exact) mass is 475 g/mol. The molecule has 0 aromatic heterocycles. The largest absolute Gasteiger partial charge is 0.397 e. The number of nitrogens with zero attached hydrogens (tertiary/aromatic N) is 1. The predicted octanol–water partition coefficient (Wildman–Crippen LogP) is 1.01. The average molecular weight is 475 g/mol. The number of halogens is 5. The van der Waals surface area contributed by atoms with Crippen molar-refractivity contribution in [1.82, 2.24) is 15.5 Å². The third-order valence-corrected chi connectivity index (χ3v) is 4.86. The molecule has 2 rings (SSSR count). The first-order valence-electron chi connectivity index (χ1n) is 9.80. The molecule has 180 valence electrons. The lowest BCUT2D eigenvalue weighted by Gasteiger charge is -2.30. The third kappa shape index (κ3) is 7.71. The second-order valence-corrected chi connectivity index (χ2v) is 7.56. The molecule has 0 radical (unpaired) electrons. The molecule has 1 aromatic rings. The lowest BCUT2D eigenvalue weighted by molar-refractivity contribution is -0.156. The van der Waals surface area contributed by atoms with E-state index in [0.29, 0.717) is 10.5 Å². The molecule has 33 heavy (non-hydrogen) atoms. The van der Waals surface area contributed by atoms with E-state index >= 15 is 0 Å². The Kier molecular flexibility index (Phi) is 8.38. The first kappa shape index (κ1) is 26.1. The highest BCUT2D eigenvalue weighted by Crippen LogP contribution is 2.33. The van der Waals surface area contributed by atoms with Crippen molar-refractivity contribution in [1.29, 1.82) is 0 Å². The number of nitrogens with one attached hydrogen (secondary N) is 2. The maximum Gasteiger partial charge on any atom is 0.397 e. The molecule has 0 bridgehead atoms. The van der Waals surface area contributed by atoms with Gasteiger partial charge in [0.2, 0.25) is 11.8 Å². The summed E-state index contributed by atoms with van der Waals surface area (Å²) in [5.41, 5.74) is 0.455. The quantitative estimate of drug-likeness (QED) is 0.386. The molecular formula is C21H22F5N3O4. The van der Waals surface area contributed by atoms with Crippen LogP contribution in [0.3, 0.4) is 0 Å². The number of benzene rings is 1. The van der Waals surface area contributed by atoms with Crippen LogP contribution in [0.5, 0.6) is 0 Å². The van der Waals surface area contributed by atoms with Crippen molar-refractivity contribution in [3.8, 4) is 12.3 Å². The van der Waals surface area contributed by atoms with Gasteiger partial charge in [-0.2, -0.15) is 13.2 Å². The van der Waals surface area contributed by atoms with Crippen molar-refractivity contribution in [2.24, 2.45) is 0 Å². The molecule has 1 aliphatic rings. The Morgan fingerprint density at radius 2 is 1.88 bits per heavy atom. The molecule has 1 saturated heterocycles.